The van der Waals surface area contributed by atoms with E-state index in [1.54, 1.807) is 24.3 Å². The molecule has 0 spiro atoms. The third kappa shape index (κ3) is 10.4. The smallest absolute Gasteiger partial charge is 0.303 e. The quantitative estimate of drug-likeness (QED) is 0.612. The third-order valence-electron chi connectivity index (χ3n) is 1.43. The normalized spacial score (nSPS) is 11.1. The van der Waals surface area contributed by atoms with E-state index >= 15 is 0 Å². The van der Waals surface area contributed by atoms with E-state index in [0.29, 0.717) is 12.8 Å². The summed E-state index contributed by atoms with van der Waals surface area (Å²) in [5.74, 6) is -1.63. The Bertz CT molecular complexity index is 215. The molecule has 0 aliphatic carbocycles. The van der Waals surface area contributed by atoms with E-state index in [9.17, 15) is 9.59 Å². The lowest BCUT2D eigenvalue weighted by molar-refractivity contribution is -0.137. The van der Waals surface area contributed by atoms with Crippen LogP contribution in [-0.4, -0.2) is 22.2 Å². The summed E-state index contributed by atoms with van der Waals surface area (Å²) in [5, 5.41) is 16.6. The highest BCUT2D eigenvalue weighted by atomic mass is 16.4. The van der Waals surface area contributed by atoms with Gasteiger partial charge < -0.3 is 10.2 Å². The molecule has 0 atom stereocenters. The lowest BCUT2D eigenvalue weighted by Crippen LogP contribution is -1.91. The van der Waals surface area contributed by atoms with Crippen molar-refractivity contribution in [3.63, 3.8) is 0 Å². The Hall–Kier alpha value is -1.58. The lowest BCUT2D eigenvalue weighted by atomic mass is 10.2. The van der Waals surface area contributed by atoms with Crippen LogP contribution < -0.4 is 0 Å². The van der Waals surface area contributed by atoms with Crippen molar-refractivity contribution in [1.82, 2.24) is 0 Å². The number of allylic oxidation sites excluding steroid dienone is 4. The number of carboxylic acid groups (broad SMARTS) is 2. The minimum Gasteiger partial charge on any atom is -0.481 e. The van der Waals surface area contributed by atoms with Crippen LogP contribution in [0.3, 0.4) is 0 Å². The highest BCUT2D eigenvalue weighted by Gasteiger charge is 1.91. The van der Waals surface area contributed by atoms with Crippen molar-refractivity contribution < 1.29 is 19.8 Å². The second-order valence-electron chi connectivity index (χ2n) is 2.72. The van der Waals surface area contributed by atoms with E-state index in [-0.39, 0.29) is 12.8 Å². The van der Waals surface area contributed by atoms with Crippen LogP contribution in [0.5, 0.6) is 0 Å². The van der Waals surface area contributed by atoms with Gasteiger partial charge in [0, 0.05) is 12.8 Å². The van der Waals surface area contributed by atoms with Crippen molar-refractivity contribution in [3.8, 4) is 0 Å². The van der Waals surface area contributed by atoms with Gasteiger partial charge in [0.15, 0.2) is 0 Å². The van der Waals surface area contributed by atoms with Gasteiger partial charge in [0.1, 0.15) is 0 Å². The molecule has 2 N–H and O–H groups in total. The Balaban J connectivity index is 3.41. The molecule has 0 aliphatic rings. The predicted molar refractivity (Wildman–Crippen MR) is 52.0 cm³/mol. The monoisotopic (exact) mass is 198 g/mol. The highest BCUT2D eigenvalue weighted by molar-refractivity contribution is 5.67. The average Bonchev–Trinajstić information content (AvgIpc) is 2.08. The number of carboxylic acids is 2. The van der Waals surface area contributed by atoms with E-state index in [1.807, 2.05) is 0 Å². The summed E-state index contributed by atoms with van der Waals surface area (Å²) in [6.07, 6.45) is 8.18. The summed E-state index contributed by atoms with van der Waals surface area (Å²) in [7, 11) is 0. The van der Waals surface area contributed by atoms with Crippen molar-refractivity contribution in [2.75, 3.05) is 0 Å². The number of hydrogen-bond donors (Lipinski definition) is 2. The zero-order valence-corrected chi connectivity index (χ0v) is 7.85. The Morgan fingerprint density at radius 1 is 0.857 bits per heavy atom. The lowest BCUT2D eigenvalue weighted by Gasteiger charge is -1.86. The average molecular weight is 198 g/mol. The van der Waals surface area contributed by atoms with Gasteiger partial charge in [-0.25, -0.2) is 0 Å². The zero-order chi connectivity index (χ0) is 10.8. The molecule has 78 valence electrons. The third-order valence-corrected chi connectivity index (χ3v) is 1.43. The predicted octanol–water partition coefficient (Wildman–Crippen LogP) is 1.83. The molecule has 0 aromatic heterocycles. The summed E-state index contributed by atoms with van der Waals surface area (Å²) in [6.45, 7) is 0. The summed E-state index contributed by atoms with van der Waals surface area (Å²) >= 11 is 0. The van der Waals surface area contributed by atoms with E-state index in [4.69, 9.17) is 10.2 Å². The fraction of sp³-hybridized carbons (Fsp3) is 0.400. The van der Waals surface area contributed by atoms with E-state index in [1.165, 1.54) is 0 Å². The molecule has 0 heterocycles. The summed E-state index contributed by atoms with van der Waals surface area (Å²) in [5.41, 5.74) is 0. The van der Waals surface area contributed by atoms with Gasteiger partial charge in [-0.05, 0) is 12.8 Å². The van der Waals surface area contributed by atoms with Crippen LogP contribution in [0.25, 0.3) is 0 Å². The second-order valence-corrected chi connectivity index (χ2v) is 2.72. The van der Waals surface area contributed by atoms with Gasteiger partial charge in [-0.15, -0.1) is 0 Å². The van der Waals surface area contributed by atoms with Crippen LogP contribution in [0, 0.1) is 0 Å². The molecule has 14 heavy (non-hydrogen) atoms. The van der Waals surface area contributed by atoms with Gasteiger partial charge in [-0.1, -0.05) is 24.3 Å². The van der Waals surface area contributed by atoms with Gasteiger partial charge in [-0.3, -0.25) is 9.59 Å². The van der Waals surface area contributed by atoms with Crippen molar-refractivity contribution in [3.05, 3.63) is 24.3 Å². The number of carbonyl (C=O) groups is 2. The molecule has 0 aromatic carbocycles. The standard InChI is InChI=1S/C10H14O4/c11-9(12)7-5-3-1-2-4-6-8-10(13)14/h1-4H,5-8H2,(H,11,12)(H,13,14). The fourth-order valence-electron chi connectivity index (χ4n) is 0.763. The minimum absolute atomic E-state index is 0.124. The second kappa shape index (κ2) is 8.04. The van der Waals surface area contributed by atoms with Gasteiger partial charge in [0.25, 0.3) is 0 Å². The molecule has 4 nitrogen and oxygen atoms in total. The Labute approximate surface area is 82.6 Å². The molecule has 0 aliphatic heterocycles. The van der Waals surface area contributed by atoms with Crippen LogP contribution in [-0.2, 0) is 9.59 Å². The first-order valence-corrected chi connectivity index (χ1v) is 4.38. The van der Waals surface area contributed by atoms with Gasteiger partial charge in [-0.2, -0.15) is 0 Å². The van der Waals surface area contributed by atoms with Crippen molar-refractivity contribution in [2.45, 2.75) is 25.7 Å². The maximum atomic E-state index is 10.1. The van der Waals surface area contributed by atoms with E-state index in [0.717, 1.165) is 0 Å². The van der Waals surface area contributed by atoms with Gasteiger partial charge in [0.05, 0.1) is 0 Å². The van der Waals surface area contributed by atoms with Crippen LogP contribution in [0.15, 0.2) is 24.3 Å². The first-order chi connectivity index (χ1) is 6.63. The van der Waals surface area contributed by atoms with E-state index in [2.05, 4.69) is 0 Å². The molecule has 4 heteroatoms. The van der Waals surface area contributed by atoms with Crippen molar-refractivity contribution >= 4 is 11.9 Å². The first kappa shape index (κ1) is 12.4. The van der Waals surface area contributed by atoms with Gasteiger partial charge in [0.2, 0.25) is 0 Å². The molecule has 0 saturated carbocycles. The summed E-state index contributed by atoms with van der Waals surface area (Å²) in [4.78, 5) is 20.2. The molecule has 0 unspecified atom stereocenters. The summed E-state index contributed by atoms with van der Waals surface area (Å²) < 4.78 is 0. The maximum Gasteiger partial charge on any atom is 0.303 e. The topological polar surface area (TPSA) is 74.6 Å². The highest BCUT2D eigenvalue weighted by Crippen LogP contribution is 1.94. The molecule has 0 saturated heterocycles. The van der Waals surface area contributed by atoms with Crippen molar-refractivity contribution in [2.24, 2.45) is 0 Å². The number of rotatable bonds is 7. The molecule has 0 bridgehead atoms. The van der Waals surface area contributed by atoms with Crippen molar-refractivity contribution in [1.29, 1.82) is 0 Å². The van der Waals surface area contributed by atoms with Crippen LogP contribution in [0.4, 0.5) is 0 Å². The Morgan fingerprint density at radius 3 is 1.50 bits per heavy atom. The Morgan fingerprint density at radius 2 is 1.21 bits per heavy atom. The molecule has 0 rings (SSSR count). The SMILES string of the molecule is O=C(O)CCC=CC=CCCC(=O)O. The maximum absolute atomic E-state index is 10.1. The van der Waals surface area contributed by atoms with Crippen LogP contribution in [0.2, 0.25) is 0 Å². The zero-order valence-electron chi connectivity index (χ0n) is 7.85. The molecular weight excluding hydrogens is 184 g/mol. The molecule has 0 fully saturated rings. The van der Waals surface area contributed by atoms with Crippen LogP contribution >= 0.6 is 0 Å². The molecule has 0 radical (unpaired) electrons. The molecule has 0 aromatic rings. The minimum atomic E-state index is -0.815. The summed E-state index contributed by atoms with van der Waals surface area (Å²) in [6, 6.07) is 0. The molecule has 0 amide bonds. The van der Waals surface area contributed by atoms with Crippen LogP contribution in [0.1, 0.15) is 25.7 Å². The fourth-order valence-corrected chi connectivity index (χ4v) is 0.763. The number of hydrogen-bond acceptors (Lipinski definition) is 2. The number of aliphatic carboxylic acids is 2. The largest absolute Gasteiger partial charge is 0.481 e. The molecular formula is C10H14O4. The first-order valence-electron chi connectivity index (χ1n) is 4.38. The van der Waals surface area contributed by atoms with E-state index < -0.39 is 11.9 Å². The van der Waals surface area contributed by atoms with Gasteiger partial charge >= 0.3 is 11.9 Å². The Kier molecular flexibility index (Phi) is 7.13.